The summed E-state index contributed by atoms with van der Waals surface area (Å²) in [6.07, 6.45) is 0.449. The topological polar surface area (TPSA) is 32.8 Å². The lowest BCUT2D eigenvalue weighted by Gasteiger charge is -2.35. The first-order valence-corrected chi connectivity index (χ1v) is 7.07. The Morgan fingerprint density at radius 3 is 2.45 bits per heavy atom. The van der Waals surface area contributed by atoms with E-state index in [1.165, 1.54) is 12.1 Å². The minimum atomic E-state index is -0.207. The number of hydrogen-bond donors (Lipinski definition) is 0. The van der Waals surface area contributed by atoms with E-state index in [-0.39, 0.29) is 11.8 Å². The van der Waals surface area contributed by atoms with Gasteiger partial charge in [-0.3, -0.25) is 9.69 Å². The van der Waals surface area contributed by atoms with Gasteiger partial charge in [0.05, 0.1) is 13.0 Å². The molecule has 1 aromatic rings. The molecule has 0 bridgehead atoms. The number of carbonyl (C=O) groups excluding carboxylic acids is 1. The zero-order valence-corrected chi connectivity index (χ0v) is 11.8. The Hall–Kier alpha value is -1.62. The molecule has 0 unspecified atom stereocenters. The molecule has 0 amide bonds. The Labute approximate surface area is 119 Å². The first-order valence-electron chi connectivity index (χ1n) is 7.07. The van der Waals surface area contributed by atoms with Crippen molar-refractivity contribution in [2.75, 3.05) is 44.2 Å². The average molecular weight is 280 g/mol. The molecule has 0 N–H and O–H groups in total. The Bertz CT molecular complexity index is 428. The van der Waals surface area contributed by atoms with Crippen LogP contribution in [0.15, 0.2) is 24.3 Å². The largest absolute Gasteiger partial charge is 0.466 e. The van der Waals surface area contributed by atoms with Gasteiger partial charge in [0.1, 0.15) is 5.82 Å². The summed E-state index contributed by atoms with van der Waals surface area (Å²) in [7, 11) is 0. The molecule has 0 aliphatic carbocycles. The van der Waals surface area contributed by atoms with Crippen molar-refractivity contribution < 1.29 is 13.9 Å². The van der Waals surface area contributed by atoms with Crippen LogP contribution >= 0.6 is 0 Å². The second-order valence-corrected chi connectivity index (χ2v) is 4.86. The zero-order valence-electron chi connectivity index (χ0n) is 11.8. The summed E-state index contributed by atoms with van der Waals surface area (Å²) in [6, 6.07) is 6.60. The van der Waals surface area contributed by atoms with Crippen molar-refractivity contribution in [1.82, 2.24) is 4.90 Å². The normalized spacial score (nSPS) is 16.2. The molecule has 0 saturated carbocycles. The molecule has 1 aliphatic heterocycles. The van der Waals surface area contributed by atoms with Crippen LogP contribution in [0.2, 0.25) is 0 Å². The molecule has 4 nitrogen and oxygen atoms in total. The highest BCUT2D eigenvalue weighted by atomic mass is 19.1. The fourth-order valence-corrected chi connectivity index (χ4v) is 2.36. The van der Waals surface area contributed by atoms with Crippen LogP contribution in [-0.2, 0) is 9.53 Å². The van der Waals surface area contributed by atoms with E-state index in [0.29, 0.717) is 13.0 Å². The fourth-order valence-electron chi connectivity index (χ4n) is 2.36. The van der Waals surface area contributed by atoms with E-state index >= 15 is 0 Å². The van der Waals surface area contributed by atoms with Crippen LogP contribution in [0.25, 0.3) is 0 Å². The van der Waals surface area contributed by atoms with E-state index in [9.17, 15) is 9.18 Å². The van der Waals surface area contributed by atoms with Crippen LogP contribution in [0, 0.1) is 5.82 Å². The first kappa shape index (κ1) is 14.8. The number of esters is 1. The molecule has 0 atom stereocenters. The quantitative estimate of drug-likeness (QED) is 0.771. The maximum Gasteiger partial charge on any atom is 0.307 e. The fraction of sp³-hybridized carbons (Fsp3) is 0.533. The number of rotatable bonds is 5. The smallest absolute Gasteiger partial charge is 0.307 e. The van der Waals surface area contributed by atoms with Crippen LogP contribution in [0.4, 0.5) is 10.1 Å². The van der Waals surface area contributed by atoms with Crippen LogP contribution in [0.1, 0.15) is 13.3 Å². The van der Waals surface area contributed by atoms with E-state index in [2.05, 4.69) is 9.80 Å². The van der Waals surface area contributed by atoms with Crippen molar-refractivity contribution in [2.24, 2.45) is 0 Å². The molecule has 0 aromatic heterocycles. The zero-order chi connectivity index (χ0) is 14.4. The molecule has 0 spiro atoms. The van der Waals surface area contributed by atoms with Crippen molar-refractivity contribution >= 4 is 11.7 Å². The van der Waals surface area contributed by atoms with Gasteiger partial charge < -0.3 is 9.64 Å². The molecular weight excluding hydrogens is 259 g/mol. The molecule has 1 aliphatic rings. The van der Waals surface area contributed by atoms with Gasteiger partial charge in [0.2, 0.25) is 0 Å². The van der Waals surface area contributed by atoms with Crippen molar-refractivity contribution in [1.29, 1.82) is 0 Å². The Morgan fingerprint density at radius 2 is 1.85 bits per heavy atom. The summed E-state index contributed by atoms with van der Waals surface area (Å²) in [5, 5.41) is 0. The SMILES string of the molecule is CCOC(=O)CCN1CCN(c2ccc(F)cc2)CC1. The lowest BCUT2D eigenvalue weighted by molar-refractivity contribution is -0.143. The molecule has 0 radical (unpaired) electrons. The van der Waals surface area contributed by atoms with Crippen molar-refractivity contribution in [3.05, 3.63) is 30.1 Å². The predicted molar refractivity (Wildman–Crippen MR) is 76.3 cm³/mol. The highest BCUT2D eigenvalue weighted by Gasteiger charge is 2.17. The monoisotopic (exact) mass is 280 g/mol. The molecule has 1 fully saturated rings. The minimum absolute atomic E-state index is 0.131. The van der Waals surface area contributed by atoms with Crippen molar-refractivity contribution in [2.45, 2.75) is 13.3 Å². The third kappa shape index (κ3) is 4.20. The molecule has 1 saturated heterocycles. The van der Waals surface area contributed by atoms with Gasteiger partial charge in [0.15, 0.2) is 0 Å². The van der Waals surface area contributed by atoms with E-state index in [4.69, 9.17) is 4.74 Å². The maximum absolute atomic E-state index is 12.9. The van der Waals surface area contributed by atoms with Gasteiger partial charge in [-0.05, 0) is 31.2 Å². The number of halogens is 1. The standard InChI is InChI=1S/C15H21FN2O2/c1-2-20-15(19)7-8-17-9-11-18(12-10-17)14-5-3-13(16)4-6-14/h3-6H,2,7-12H2,1H3. The molecule has 2 rings (SSSR count). The summed E-state index contributed by atoms with van der Waals surface area (Å²) in [4.78, 5) is 15.8. The van der Waals surface area contributed by atoms with Gasteiger partial charge in [-0.25, -0.2) is 4.39 Å². The van der Waals surface area contributed by atoms with E-state index in [0.717, 1.165) is 38.4 Å². The molecular formula is C15H21FN2O2. The third-order valence-corrected chi connectivity index (χ3v) is 3.50. The van der Waals surface area contributed by atoms with Gasteiger partial charge >= 0.3 is 5.97 Å². The third-order valence-electron chi connectivity index (χ3n) is 3.50. The van der Waals surface area contributed by atoms with E-state index in [1.807, 2.05) is 19.1 Å². The van der Waals surface area contributed by atoms with Crippen molar-refractivity contribution in [3.8, 4) is 0 Å². The number of benzene rings is 1. The number of nitrogens with zero attached hydrogens (tertiary/aromatic N) is 2. The summed E-state index contributed by atoms with van der Waals surface area (Å²) in [5.41, 5.74) is 1.05. The Morgan fingerprint density at radius 1 is 1.20 bits per heavy atom. The number of hydrogen-bond acceptors (Lipinski definition) is 4. The second-order valence-electron chi connectivity index (χ2n) is 4.86. The highest BCUT2D eigenvalue weighted by Crippen LogP contribution is 2.16. The van der Waals surface area contributed by atoms with Crippen LogP contribution in [0.5, 0.6) is 0 Å². The number of piperazine rings is 1. The van der Waals surface area contributed by atoms with E-state index in [1.54, 1.807) is 0 Å². The van der Waals surface area contributed by atoms with Crippen LogP contribution in [-0.4, -0.2) is 50.2 Å². The minimum Gasteiger partial charge on any atom is -0.466 e. The Balaban J connectivity index is 1.75. The number of anilines is 1. The lowest BCUT2D eigenvalue weighted by Crippen LogP contribution is -2.47. The molecule has 110 valence electrons. The molecule has 1 aromatic carbocycles. The highest BCUT2D eigenvalue weighted by molar-refractivity contribution is 5.69. The summed E-state index contributed by atoms with van der Waals surface area (Å²) in [5.74, 6) is -0.338. The molecule has 20 heavy (non-hydrogen) atoms. The average Bonchev–Trinajstić information content (AvgIpc) is 2.47. The summed E-state index contributed by atoms with van der Waals surface area (Å²) >= 11 is 0. The predicted octanol–water partition coefficient (Wildman–Crippen LogP) is 1.90. The molecule has 1 heterocycles. The van der Waals surface area contributed by atoms with Crippen LogP contribution in [0.3, 0.4) is 0 Å². The van der Waals surface area contributed by atoms with Crippen molar-refractivity contribution in [3.63, 3.8) is 0 Å². The van der Waals surface area contributed by atoms with Gasteiger partial charge in [-0.2, -0.15) is 0 Å². The van der Waals surface area contributed by atoms with Crippen LogP contribution < -0.4 is 4.90 Å². The Kier molecular flexibility index (Phi) is 5.35. The van der Waals surface area contributed by atoms with Gasteiger partial charge in [-0.15, -0.1) is 0 Å². The molecule has 5 heteroatoms. The van der Waals surface area contributed by atoms with Gasteiger partial charge in [0.25, 0.3) is 0 Å². The lowest BCUT2D eigenvalue weighted by atomic mass is 10.2. The number of carbonyl (C=O) groups is 1. The maximum atomic E-state index is 12.9. The second kappa shape index (κ2) is 7.24. The summed E-state index contributed by atoms with van der Waals surface area (Å²) in [6.45, 7) is 6.63. The number of ether oxygens (including phenoxy) is 1. The first-order chi connectivity index (χ1) is 9.69. The van der Waals surface area contributed by atoms with Gasteiger partial charge in [-0.1, -0.05) is 0 Å². The van der Waals surface area contributed by atoms with E-state index < -0.39 is 0 Å². The van der Waals surface area contributed by atoms with Gasteiger partial charge in [0, 0.05) is 38.4 Å². The summed E-state index contributed by atoms with van der Waals surface area (Å²) < 4.78 is 17.8.